The van der Waals surface area contributed by atoms with Crippen LogP contribution in [0.3, 0.4) is 0 Å². The summed E-state index contributed by atoms with van der Waals surface area (Å²) in [7, 11) is 0. The predicted molar refractivity (Wildman–Crippen MR) is 82.7 cm³/mol. The monoisotopic (exact) mass is 334 g/mol. The van der Waals surface area contributed by atoms with E-state index in [-0.39, 0.29) is 23.4 Å². The number of amides is 2. The first-order valence-corrected chi connectivity index (χ1v) is 8.00. The van der Waals surface area contributed by atoms with Crippen molar-refractivity contribution >= 4 is 23.5 Å². The molecule has 1 aliphatic rings. The number of hydrogen-bond acceptors (Lipinski definition) is 5. The van der Waals surface area contributed by atoms with Gasteiger partial charge in [-0.2, -0.15) is 8.75 Å². The van der Waals surface area contributed by atoms with Crippen molar-refractivity contribution in [3.63, 3.8) is 0 Å². The third-order valence-electron chi connectivity index (χ3n) is 3.82. The molecule has 0 radical (unpaired) electrons. The predicted octanol–water partition coefficient (Wildman–Crippen LogP) is 1.71. The topological polar surface area (TPSA) is 75.2 Å². The largest absolute Gasteiger partial charge is 0.348 e. The van der Waals surface area contributed by atoms with Gasteiger partial charge < -0.3 is 10.2 Å². The van der Waals surface area contributed by atoms with E-state index in [4.69, 9.17) is 0 Å². The molecular formula is C15H15FN4O2S. The number of nitrogens with one attached hydrogen (secondary N) is 1. The van der Waals surface area contributed by atoms with Crippen LogP contribution in [0, 0.1) is 5.82 Å². The molecule has 0 bridgehead atoms. The van der Waals surface area contributed by atoms with Crippen molar-refractivity contribution < 1.29 is 14.0 Å². The Balaban J connectivity index is 1.55. The fourth-order valence-electron chi connectivity index (χ4n) is 2.56. The second-order valence-electron chi connectivity index (χ2n) is 5.31. The van der Waals surface area contributed by atoms with E-state index < -0.39 is 5.82 Å². The van der Waals surface area contributed by atoms with Gasteiger partial charge in [0.2, 0.25) is 0 Å². The molecule has 2 heterocycles. The number of likely N-dealkylation sites (tertiary alicyclic amines) is 1. The number of carbonyl (C=O) groups is 2. The van der Waals surface area contributed by atoms with E-state index in [2.05, 4.69) is 14.1 Å². The molecule has 1 aromatic heterocycles. The molecule has 8 heteroatoms. The molecule has 0 unspecified atom stereocenters. The molecule has 2 amide bonds. The van der Waals surface area contributed by atoms with Gasteiger partial charge in [-0.1, -0.05) is 12.1 Å². The first kappa shape index (κ1) is 15.5. The van der Waals surface area contributed by atoms with Gasteiger partial charge in [0.15, 0.2) is 5.69 Å². The maximum Gasteiger partial charge on any atom is 0.272 e. The lowest BCUT2D eigenvalue weighted by Gasteiger charge is -2.32. The Hall–Kier alpha value is -2.35. The summed E-state index contributed by atoms with van der Waals surface area (Å²) in [5.41, 5.74) is 0.392. The second kappa shape index (κ2) is 6.82. The van der Waals surface area contributed by atoms with Crippen LogP contribution >= 0.6 is 11.7 Å². The van der Waals surface area contributed by atoms with Crippen LogP contribution in [0.15, 0.2) is 30.5 Å². The van der Waals surface area contributed by atoms with E-state index in [1.807, 2.05) is 0 Å². The number of piperidine rings is 1. The van der Waals surface area contributed by atoms with Crippen LogP contribution in [0.5, 0.6) is 0 Å². The van der Waals surface area contributed by atoms with Gasteiger partial charge in [-0.3, -0.25) is 9.59 Å². The van der Waals surface area contributed by atoms with Gasteiger partial charge in [0.05, 0.1) is 23.5 Å². The minimum absolute atomic E-state index is 0.0196. The minimum Gasteiger partial charge on any atom is -0.348 e. The third kappa shape index (κ3) is 3.53. The maximum atomic E-state index is 13.7. The first-order chi connectivity index (χ1) is 11.1. The van der Waals surface area contributed by atoms with Crippen LogP contribution in [0.25, 0.3) is 0 Å². The normalized spacial score (nSPS) is 15.4. The van der Waals surface area contributed by atoms with Crippen LogP contribution in [0.4, 0.5) is 4.39 Å². The fourth-order valence-corrected chi connectivity index (χ4v) is 2.97. The van der Waals surface area contributed by atoms with E-state index in [9.17, 15) is 14.0 Å². The Kier molecular flexibility index (Phi) is 4.61. The lowest BCUT2D eigenvalue weighted by atomic mass is 10.0. The Morgan fingerprint density at radius 1 is 1.26 bits per heavy atom. The lowest BCUT2D eigenvalue weighted by molar-refractivity contribution is 0.0693. The van der Waals surface area contributed by atoms with Crippen LogP contribution in [-0.4, -0.2) is 44.6 Å². The lowest BCUT2D eigenvalue weighted by Crippen LogP contribution is -2.46. The standard InChI is InChI=1S/C15H15FN4O2S/c16-12-4-2-1-3-11(12)15(22)20-7-5-10(6-8-20)18-14(21)13-9-17-23-19-13/h1-4,9-10H,5-8H2,(H,18,21). The average Bonchev–Trinajstić information content (AvgIpc) is 3.10. The molecule has 3 rings (SSSR count). The van der Waals surface area contributed by atoms with Crippen molar-refractivity contribution in [1.29, 1.82) is 0 Å². The molecule has 0 spiro atoms. The summed E-state index contributed by atoms with van der Waals surface area (Å²) in [5.74, 6) is -1.07. The highest BCUT2D eigenvalue weighted by Crippen LogP contribution is 2.16. The summed E-state index contributed by atoms with van der Waals surface area (Å²) >= 11 is 0.984. The van der Waals surface area contributed by atoms with E-state index >= 15 is 0 Å². The molecule has 1 saturated heterocycles. The van der Waals surface area contributed by atoms with Crippen molar-refractivity contribution in [3.05, 3.63) is 47.5 Å². The molecule has 0 aliphatic carbocycles. The first-order valence-electron chi connectivity index (χ1n) is 7.27. The number of aromatic nitrogens is 2. The van der Waals surface area contributed by atoms with Gasteiger partial charge in [0.25, 0.3) is 11.8 Å². The average molecular weight is 334 g/mol. The number of carbonyl (C=O) groups excluding carboxylic acids is 2. The number of hydrogen-bond donors (Lipinski definition) is 1. The molecule has 2 aromatic rings. The Labute approximate surface area is 136 Å². The summed E-state index contributed by atoms with van der Waals surface area (Å²) in [6.45, 7) is 0.959. The van der Waals surface area contributed by atoms with Crippen LogP contribution in [0.1, 0.15) is 33.7 Å². The zero-order valence-electron chi connectivity index (χ0n) is 12.2. The van der Waals surface area contributed by atoms with Gasteiger partial charge in [0.1, 0.15) is 5.82 Å². The Morgan fingerprint density at radius 2 is 2.00 bits per heavy atom. The summed E-state index contributed by atoms with van der Waals surface area (Å²) in [5, 5.41) is 2.89. The minimum atomic E-state index is -0.510. The van der Waals surface area contributed by atoms with Gasteiger partial charge in [-0.25, -0.2) is 4.39 Å². The Bertz CT molecular complexity index is 699. The summed E-state index contributed by atoms with van der Waals surface area (Å²) in [6.07, 6.45) is 2.68. The van der Waals surface area contributed by atoms with Gasteiger partial charge in [-0.05, 0) is 25.0 Å². The SMILES string of the molecule is O=C(NC1CCN(C(=O)c2ccccc2F)CC1)c1cnsn1. The van der Waals surface area contributed by atoms with E-state index in [1.165, 1.54) is 18.3 Å². The highest BCUT2D eigenvalue weighted by Gasteiger charge is 2.26. The molecule has 6 nitrogen and oxygen atoms in total. The third-order valence-corrected chi connectivity index (χ3v) is 4.29. The molecular weight excluding hydrogens is 319 g/mol. The molecule has 23 heavy (non-hydrogen) atoms. The number of nitrogens with zero attached hydrogens (tertiary/aromatic N) is 3. The van der Waals surface area contributed by atoms with Crippen molar-refractivity contribution in [2.75, 3.05) is 13.1 Å². The molecule has 1 N–H and O–H groups in total. The smallest absolute Gasteiger partial charge is 0.272 e. The fraction of sp³-hybridized carbons (Fsp3) is 0.333. The Morgan fingerprint density at radius 3 is 2.65 bits per heavy atom. The number of benzene rings is 1. The zero-order chi connectivity index (χ0) is 16.2. The molecule has 1 fully saturated rings. The van der Waals surface area contributed by atoms with Crippen molar-refractivity contribution in [1.82, 2.24) is 19.0 Å². The number of halogens is 1. The van der Waals surface area contributed by atoms with Crippen molar-refractivity contribution in [2.24, 2.45) is 0 Å². The molecule has 120 valence electrons. The van der Waals surface area contributed by atoms with E-state index in [0.717, 1.165) is 11.7 Å². The van der Waals surface area contributed by atoms with E-state index in [0.29, 0.717) is 31.6 Å². The maximum absolute atomic E-state index is 13.7. The van der Waals surface area contributed by atoms with Gasteiger partial charge in [0, 0.05) is 19.1 Å². The highest BCUT2D eigenvalue weighted by atomic mass is 32.1. The molecule has 1 aliphatic heterocycles. The second-order valence-corrected chi connectivity index (χ2v) is 5.87. The van der Waals surface area contributed by atoms with E-state index in [1.54, 1.807) is 17.0 Å². The quantitative estimate of drug-likeness (QED) is 0.927. The van der Waals surface area contributed by atoms with Gasteiger partial charge >= 0.3 is 0 Å². The highest BCUT2D eigenvalue weighted by molar-refractivity contribution is 6.99. The zero-order valence-corrected chi connectivity index (χ0v) is 13.1. The van der Waals surface area contributed by atoms with Crippen molar-refractivity contribution in [3.8, 4) is 0 Å². The van der Waals surface area contributed by atoms with Crippen LogP contribution < -0.4 is 5.32 Å². The summed E-state index contributed by atoms with van der Waals surface area (Å²) in [4.78, 5) is 25.9. The van der Waals surface area contributed by atoms with Crippen LogP contribution in [-0.2, 0) is 0 Å². The summed E-state index contributed by atoms with van der Waals surface area (Å²) in [6, 6.07) is 5.95. The molecule has 0 atom stereocenters. The molecule has 0 saturated carbocycles. The van der Waals surface area contributed by atoms with Gasteiger partial charge in [-0.15, -0.1) is 0 Å². The summed E-state index contributed by atoms with van der Waals surface area (Å²) < 4.78 is 21.4. The van der Waals surface area contributed by atoms with Crippen LogP contribution in [0.2, 0.25) is 0 Å². The number of rotatable bonds is 3. The molecule has 1 aromatic carbocycles. The van der Waals surface area contributed by atoms with Crippen molar-refractivity contribution in [2.45, 2.75) is 18.9 Å².